The van der Waals surface area contributed by atoms with Crippen LogP contribution in [0.3, 0.4) is 0 Å². The molecule has 7 heteroatoms. The molecule has 0 saturated heterocycles. The summed E-state index contributed by atoms with van der Waals surface area (Å²) >= 11 is 0. The highest BCUT2D eigenvalue weighted by atomic mass is 16.3. The Morgan fingerprint density at radius 3 is 3.06 bits per heavy atom. The maximum Gasteiger partial charge on any atom is 0.241 e. The van der Waals surface area contributed by atoms with E-state index >= 15 is 0 Å². The molecule has 1 aliphatic rings. The average molecular weight is 253 g/mol. The summed E-state index contributed by atoms with van der Waals surface area (Å²) in [5.41, 5.74) is 6.08. The van der Waals surface area contributed by atoms with Crippen molar-refractivity contribution < 1.29 is 9.90 Å². The Balaban J connectivity index is 1.71. The first kappa shape index (κ1) is 13.0. The van der Waals surface area contributed by atoms with Gasteiger partial charge >= 0.3 is 0 Å². The Labute approximate surface area is 105 Å². The van der Waals surface area contributed by atoms with Gasteiger partial charge in [-0.15, -0.1) is 5.10 Å². The second kappa shape index (κ2) is 5.92. The number of aliphatic hydroxyl groups excluding tert-OH is 1. The highest BCUT2D eigenvalue weighted by Gasteiger charge is 2.22. The van der Waals surface area contributed by atoms with Crippen molar-refractivity contribution in [1.29, 1.82) is 0 Å². The summed E-state index contributed by atoms with van der Waals surface area (Å²) in [4.78, 5) is 11.7. The SMILES string of the molecule is NCc1cn(CC(=O)NCC2CCC(O)C2)nn1. The molecule has 0 aromatic carbocycles. The molecular formula is C11H19N5O2. The van der Waals surface area contributed by atoms with Gasteiger partial charge in [0.15, 0.2) is 0 Å². The summed E-state index contributed by atoms with van der Waals surface area (Å²) in [6, 6.07) is 0. The summed E-state index contributed by atoms with van der Waals surface area (Å²) in [6.45, 7) is 1.10. The Morgan fingerprint density at radius 2 is 2.44 bits per heavy atom. The summed E-state index contributed by atoms with van der Waals surface area (Å²) in [5.74, 6) is 0.296. The van der Waals surface area contributed by atoms with Gasteiger partial charge in [-0.2, -0.15) is 0 Å². The molecule has 4 N–H and O–H groups in total. The molecule has 0 spiro atoms. The molecule has 2 rings (SSSR count). The van der Waals surface area contributed by atoms with Crippen LogP contribution in [0.4, 0.5) is 0 Å². The van der Waals surface area contributed by atoms with E-state index in [2.05, 4.69) is 15.6 Å². The van der Waals surface area contributed by atoms with Gasteiger partial charge in [0.2, 0.25) is 5.91 Å². The van der Waals surface area contributed by atoms with Gasteiger partial charge in [0.25, 0.3) is 0 Å². The molecule has 1 amide bonds. The Morgan fingerprint density at radius 1 is 1.61 bits per heavy atom. The minimum Gasteiger partial charge on any atom is -0.393 e. The molecule has 1 aliphatic carbocycles. The molecule has 1 heterocycles. The smallest absolute Gasteiger partial charge is 0.241 e. The largest absolute Gasteiger partial charge is 0.393 e. The number of nitrogens with two attached hydrogens (primary N) is 1. The highest BCUT2D eigenvalue weighted by molar-refractivity contribution is 5.75. The van der Waals surface area contributed by atoms with Crippen LogP contribution in [0.5, 0.6) is 0 Å². The summed E-state index contributed by atoms with van der Waals surface area (Å²) < 4.78 is 1.47. The normalized spacial score (nSPS) is 23.2. The van der Waals surface area contributed by atoms with Crippen LogP contribution in [-0.4, -0.2) is 38.7 Å². The maximum absolute atomic E-state index is 11.7. The zero-order valence-electron chi connectivity index (χ0n) is 10.2. The van der Waals surface area contributed by atoms with Gasteiger partial charge in [0, 0.05) is 13.1 Å². The van der Waals surface area contributed by atoms with Gasteiger partial charge in [0.05, 0.1) is 18.0 Å². The lowest BCUT2D eigenvalue weighted by Crippen LogP contribution is -2.31. The standard InChI is InChI=1S/C11H19N5O2/c12-4-9-6-16(15-14-9)7-11(18)13-5-8-1-2-10(17)3-8/h6,8,10,17H,1-5,7,12H2,(H,13,18). The van der Waals surface area contributed by atoms with Crippen LogP contribution in [0.2, 0.25) is 0 Å². The zero-order valence-corrected chi connectivity index (χ0v) is 10.2. The molecule has 100 valence electrons. The van der Waals surface area contributed by atoms with Crippen molar-refractivity contribution in [2.24, 2.45) is 11.7 Å². The number of hydrogen-bond acceptors (Lipinski definition) is 5. The number of aliphatic hydroxyl groups is 1. The van der Waals surface area contributed by atoms with Crippen molar-refractivity contribution in [3.05, 3.63) is 11.9 Å². The zero-order chi connectivity index (χ0) is 13.0. The van der Waals surface area contributed by atoms with E-state index in [-0.39, 0.29) is 18.6 Å². The van der Waals surface area contributed by atoms with Gasteiger partial charge in [-0.25, -0.2) is 4.68 Å². The molecular weight excluding hydrogens is 234 g/mol. The third-order valence-electron chi connectivity index (χ3n) is 3.20. The average Bonchev–Trinajstić information content (AvgIpc) is 2.95. The first-order chi connectivity index (χ1) is 8.67. The van der Waals surface area contributed by atoms with Crippen molar-refractivity contribution >= 4 is 5.91 Å². The first-order valence-electron chi connectivity index (χ1n) is 6.21. The minimum absolute atomic E-state index is 0.0927. The van der Waals surface area contributed by atoms with E-state index in [1.807, 2.05) is 0 Å². The van der Waals surface area contributed by atoms with E-state index in [0.717, 1.165) is 19.3 Å². The Hall–Kier alpha value is -1.47. The van der Waals surface area contributed by atoms with Crippen molar-refractivity contribution in [2.45, 2.75) is 38.5 Å². The molecule has 1 aromatic rings. The van der Waals surface area contributed by atoms with Crippen molar-refractivity contribution in [3.63, 3.8) is 0 Å². The third-order valence-corrected chi connectivity index (χ3v) is 3.20. The van der Waals surface area contributed by atoms with E-state index in [0.29, 0.717) is 24.7 Å². The van der Waals surface area contributed by atoms with Crippen LogP contribution < -0.4 is 11.1 Å². The van der Waals surface area contributed by atoms with Gasteiger partial charge in [-0.05, 0) is 25.2 Å². The van der Waals surface area contributed by atoms with E-state index in [1.165, 1.54) is 4.68 Å². The molecule has 18 heavy (non-hydrogen) atoms. The van der Waals surface area contributed by atoms with Crippen LogP contribution in [0, 0.1) is 5.92 Å². The van der Waals surface area contributed by atoms with Crippen molar-refractivity contribution in [3.8, 4) is 0 Å². The second-order valence-electron chi connectivity index (χ2n) is 4.75. The number of carbonyl (C=O) groups is 1. The monoisotopic (exact) mass is 253 g/mol. The maximum atomic E-state index is 11.7. The fourth-order valence-corrected chi connectivity index (χ4v) is 2.20. The quantitative estimate of drug-likeness (QED) is 0.625. The third kappa shape index (κ3) is 3.51. The number of aromatic nitrogens is 3. The molecule has 2 unspecified atom stereocenters. The Bertz CT molecular complexity index is 406. The molecule has 7 nitrogen and oxygen atoms in total. The topological polar surface area (TPSA) is 106 Å². The van der Waals surface area contributed by atoms with Crippen LogP contribution in [-0.2, 0) is 17.9 Å². The number of carbonyl (C=O) groups excluding carboxylic acids is 1. The van der Waals surface area contributed by atoms with Gasteiger partial charge < -0.3 is 16.2 Å². The number of hydrogen-bond donors (Lipinski definition) is 3. The van der Waals surface area contributed by atoms with Gasteiger partial charge in [-0.1, -0.05) is 5.21 Å². The number of nitrogens with zero attached hydrogens (tertiary/aromatic N) is 3. The summed E-state index contributed by atoms with van der Waals surface area (Å²) in [6.07, 6.45) is 4.06. The number of nitrogens with one attached hydrogen (secondary N) is 1. The van der Waals surface area contributed by atoms with Crippen molar-refractivity contribution in [2.75, 3.05) is 6.54 Å². The van der Waals surface area contributed by atoms with Gasteiger partial charge in [0.1, 0.15) is 6.54 Å². The summed E-state index contributed by atoms with van der Waals surface area (Å²) in [7, 11) is 0. The lowest BCUT2D eigenvalue weighted by molar-refractivity contribution is -0.122. The lowest BCUT2D eigenvalue weighted by Gasteiger charge is -2.10. The fourth-order valence-electron chi connectivity index (χ4n) is 2.20. The molecule has 0 aliphatic heterocycles. The molecule has 2 atom stereocenters. The summed E-state index contributed by atoms with van der Waals surface area (Å²) in [5, 5.41) is 19.8. The second-order valence-corrected chi connectivity index (χ2v) is 4.75. The van der Waals surface area contributed by atoms with E-state index in [9.17, 15) is 9.90 Å². The highest BCUT2D eigenvalue weighted by Crippen LogP contribution is 2.24. The molecule has 1 saturated carbocycles. The molecule has 1 fully saturated rings. The predicted molar refractivity (Wildman–Crippen MR) is 64.3 cm³/mol. The molecule has 1 aromatic heterocycles. The van der Waals surface area contributed by atoms with E-state index in [4.69, 9.17) is 5.73 Å². The predicted octanol–water partition coefficient (Wildman–Crippen LogP) is -0.986. The van der Waals surface area contributed by atoms with Gasteiger partial charge in [-0.3, -0.25) is 4.79 Å². The Kier molecular flexibility index (Phi) is 4.27. The molecule has 0 bridgehead atoms. The van der Waals surface area contributed by atoms with E-state index in [1.54, 1.807) is 6.20 Å². The van der Waals surface area contributed by atoms with Crippen LogP contribution in [0.15, 0.2) is 6.20 Å². The number of amides is 1. The van der Waals surface area contributed by atoms with Crippen LogP contribution in [0.25, 0.3) is 0 Å². The van der Waals surface area contributed by atoms with E-state index < -0.39 is 0 Å². The van der Waals surface area contributed by atoms with Crippen LogP contribution in [0.1, 0.15) is 25.0 Å². The fraction of sp³-hybridized carbons (Fsp3) is 0.727. The lowest BCUT2D eigenvalue weighted by atomic mass is 10.1. The molecule has 0 radical (unpaired) electrons. The number of rotatable bonds is 5. The van der Waals surface area contributed by atoms with Crippen molar-refractivity contribution in [1.82, 2.24) is 20.3 Å². The minimum atomic E-state index is -0.200. The van der Waals surface area contributed by atoms with Crippen LogP contribution >= 0.6 is 0 Å². The first-order valence-corrected chi connectivity index (χ1v) is 6.21.